The highest BCUT2D eigenvalue weighted by Gasteiger charge is 2.17. The molecule has 0 saturated heterocycles. The molecule has 0 bridgehead atoms. The van der Waals surface area contributed by atoms with E-state index in [4.69, 9.17) is 0 Å². The lowest BCUT2D eigenvalue weighted by Gasteiger charge is -2.17. The van der Waals surface area contributed by atoms with Gasteiger partial charge in [-0.3, -0.25) is 4.79 Å². The Bertz CT molecular complexity index is 267. The summed E-state index contributed by atoms with van der Waals surface area (Å²) in [6.45, 7) is 8.48. The van der Waals surface area contributed by atoms with Gasteiger partial charge < -0.3 is 0 Å². The summed E-state index contributed by atoms with van der Waals surface area (Å²) >= 11 is 0. The van der Waals surface area contributed by atoms with E-state index in [-0.39, 0.29) is 0 Å². The van der Waals surface area contributed by atoms with Crippen molar-refractivity contribution in [3.05, 3.63) is 23.3 Å². The smallest absolute Gasteiger partial charge is 0.162 e. The number of hydrogen-bond acceptors (Lipinski definition) is 1. The minimum absolute atomic E-state index is 0.291. The predicted octanol–water partition coefficient (Wildman–Crippen LogP) is 3.12. The minimum atomic E-state index is 0.291. The Hall–Kier alpha value is -0.850. The van der Waals surface area contributed by atoms with Crippen LogP contribution in [0, 0.1) is 11.8 Å². The fourth-order valence-corrected chi connectivity index (χ4v) is 1.54. The Labute approximate surface area is 80.5 Å². The van der Waals surface area contributed by atoms with E-state index in [1.54, 1.807) is 0 Å². The van der Waals surface area contributed by atoms with Crippen LogP contribution in [0.2, 0.25) is 0 Å². The Balaban J connectivity index is 2.92. The first-order valence-corrected chi connectivity index (χ1v) is 4.97. The first-order chi connectivity index (χ1) is 6.02. The second-order valence-corrected chi connectivity index (χ2v) is 4.24. The van der Waals surface area contributed by atoms with E-state index >= 15 is 0 Å². The SMILES string of the molecule is CC(C)C1=CCC(=O)C(C(C)C)=C1. The van der Waals surface area contributed by atoms with Gasteiger partial charge in [-0.05, 0) is 23.0 Å². The van der Waals surface area contributed by atoms with Crippen LogP contribution in [0.1, 0.15) is 34.1 Å². The van der Waals surface area contributed by atoms with Gasteiger partial charge in [-0.25, -0.2) is 0 Å². The van der Waals surface area contributed by atoms with Gasteiger partial charge in [0.25, 0.3) is 0 Å². The van der Waals surface area contributed by atoms with Crippen LogP contribution in [0.4, 0.5) is 0 Å². The molecule has 0 spiro atoms. The molecule has 1 aliphatic carbocycles. The summed E-state index contributed by atoms with van der Waals surface area (Å²) in [5.41, 5.74) is 2.30. The average molecular weight is 178 g/mol. The van der Waals surface area contributed by atoms with Crippen LogP contribution < -0.4 is 0 Å². The molecule has 13 heavy (non-hydrogen) atoms. The van der Waals surface area contributed by atoms with Crippen molar-refractivity contribution >= 4 is 5.78 Å². The van der Waals surface area contributed by atoms with Crippen molar-refractivity contribution < 1.29 is 4.79 Å². The minimum Gasteiger partial charge on any atom is -0.294 e. The van der Waals surface area contributed by atoms with Crippen molar-refractivity contribution in [1.82, 2.24) is 0 Å². The number of rotatable bonds is 2. The van der Waals surface area contributed by atoms with Gasteiger partial charge in [0.15, 0.2) is 5.78 Å². The van der Waals surface area contributed by atoms with Crippen LogP contribution in [-0.2, 0) is 4.79 Å². The third-order valence-corrected chi connectivity index (χ3v) is 2.46. The molecule has 0 N–H and O–H groups in total. The molecule has 0 unspecified atom stereocenters. The molecule has 0 saturated carbocycles. The zero-order valence-electron chi connectivity index (χ0n) is 8.92. The van der Waals surface area contributed by atoms with E-state index in [9.17, 15) is 4.79 Å². The van der Waals surface area contributed by atoms with E-state index in [2.05, 4.69) is 39.8 Å². The Morgan fingerprint density at radius 1 is 1.15 bits per heavy atom. The van der Waals surface area contributed by atoms with E-state index in [0.717, 1.165) is 5.57 Å². The first-order valence-electron chi connectivity index (χ1n) is 4.97. The van der Waals surface area contributed by atoms with Gasteiger partial charge in [0.2, 0.25) is 0 Å². The van der Waals surface area contributed by atoms with Gasteiger partial charge in [-0.2, -0.15) is 0 Å². The van der Waals surface area contributed by atoms with Crippen LogP contribution >= 0.6 is 0 Å². The molecule has 1 nitrogen and oxygen atoms in total. The number of allylic oxidation sites excluding steroid dienone is 4. The quantitative estimate of drug-likeness (QED) is 0.635. The van der Waals surface area contributed by atoms with Crippen molar-refractivity contribution in [3.63, 3.8) is 0 Å². The maximum atomic E-state index is 11.5. The molecule has 0 heterocycles. The van der Waals surface area contributed by atoms with E-state index in [1.807, 2.05) is 0 Å². The fraction of sp³-hybridized carbons (Fsp3) is 0.583. The largest absolute Gasteiger partial charge is 0.294 e. The van der Waals surface area contributed by atoms with Crippen LogP contribution in [0.15, 0.2) is 23.3 Å². The van der Waals surface area contributed by atoms with Crippen molar-refractivity contribution in [3.8, 4) is 0 Å². The van der Waals surface area contributed by atoms with Gasteiger partial charge in [0.05, 0.1) is 0 Å². The molecular weight excluding hydrogens is 160 g/mol. The topological polar surface area (TPSA) is 17.1 Å². The van der Waals surface area contributed by atoms with Crippen LogP contribution in [0.3, 0.4) is 0 Å². The molecule has 72 valence electrons. The molecular formula is C12H18O. The zero-order chi connectivity index (χ0) is 10.0. The number of Topliss-reactive ketones (excluding diaryl/α,β-unsaturated/α-hetero) is 1. The highest BCUT2D eigenvalue weighted by atomic mass is 16.1. The highest BCUT2D eigenvalue weighted by molar-refractivity contribution is 5.98. The number of ketones is 1. The molecule has 0 radical (unpaired) electrons. The van der Waals surface area contributed by atoms with Crippen LogP contribution in [0.25, 0.3) is 0 Å². The van der Waals surface area contributed by atoms with Gasteiger partial charge in [-0.1, -0.05) is 39.8 Å². The maximum Gasteiger partial charge on any atom is 0.162 e. The van der Waals surface area contributed by atoms with Crippen molar-refractivity contribution in [2.45, 2.75) is 34.1 Å². The standard InChI is InChI=1S/C12H18O/c1-8(2)10-5-6-12(13)11(7-10)9(3)4/h5,7-9H,6H2,1-4H3. The van der Waals surface area contributed by atoms with Crippen molar-refractivity contribution in [1.29, 1.82) is 0 Å². The van der Waals surface area contributed by atoms with Gasteiger partial charge in [0, 0.05) is 6.42 Å². The number of hydrogen-bond donors (Lipinski definition) is 0. The molecule has 1 aliphatic rings. The lowest BCUT2D eigenvalue weighted by atomic mass is 9.87. The summed E-state index contributed by atoms with van der Waals surface area (Å²) in [5, 5.41) is 0. The monoisotopic (exact) mass is 178 g/mol. The Morgan fingerprint density at radius 3 is 2.23 bits per heavy atom. The molecule has 0 amide bonds. The molecule has 0 atom stereocenters. The lowest BCUT2D eigenvalue weighted by molar-refractivity contribution is -0.115. The Morgan fingerprint density at radius 2 is 1.77 bits per heavy atom. The summed E-state index contributed by atoms with van der Waals surface area (Å²) in [4.78, 5) is 11.5. The summed E-state index contributed by atoms with van der Waals surface area (Å²) < 4.78 is 0. The average Bonchev–Trinajstić information content (AvgIpc) is 2.04. The summed E-state index contributed by atoms with van der Waals surface area (Å²) in [6.07, 6.45) is 4.72. The van der Waals surface area contributed by atoms with Gasteiger partial charge in [-0.15, -0.1) is 0 Å². The molecule has 0 fully saturated rings. The fourth-order valence-electron chi connectivity index (χ4n) is 1.54. The van der Waals surface area contributed by atoms with E-state index < -0.39 is 0 Å². The molecule has 1 rings (SSSR count). The normalized spacial score (nSPS) is 17.8. The second-order valence-electron chi connectivity index (χ2n) is 4.24. The summed E-state index contributed by atoms with van der Waals surface area (Å²) in [6, 6.07) is 0. The molecule has 0 aliphatic heterocycles. The number of carbonyl (C=O) groups excluding carboxylic acids is 1. The summed E-state index contributed by atoms with van der Waals surface area (Å²) in [7, 11) is 0. The molecule has 0 aromatic heterocycles. The molecule has 1 heteroatoms. The predicted molar refractivity (Wildman–Crippen MR) is 55.5 cm³/mol. The molecule has 0 aromatic carbocycles. The van der Waals surface area contributed by atoms with E-state index in [1.165, 1.54) is 5.57 Å². The molecule has 0 aromatic rings. The Kier molecular flexibility index (Phi) is 3.07. The van der Waals surface area contributed by atoms with Crippen molar-refractivity contribution in [2.75, 3.05) is 0 Å². The van der Waals surface area contributed by atoms with Gasteiger partial charge >= 0.3 is 0 Å². The van der Waals surface area contributed by atoms with Gasteiger partial charge in [0.1, 0.15) is 0 Å². The third kappa shape index (κ3) is 2.30. The van der Waals surface area contributed by atoms with E-state index in [0.29, 0.717) is 24.0 Å². The van der Waals surface area contributed by atoms with Crippen molar-refractivity contribution in [2.24, 2.45) is 11.8 Å². The number of carbonyl (C=O) groups is 1. The van der Waals surface area contributed by atoms with Crippen LogP contribution in [0.5, 0.6) is 0 Å². The maximum absolute atomic E-state index is 11.5. The highest BCUT2D eigenvalue weighted by Crippen LogP contribution is 2.24. The lowest BCUT2D eigenvalue weighted by Crippen LogP contribution is -2.12. The second kappa shape index (κ2) is 3.91. The first kappa shape index (κ1) is 10.2. The summed E-state index contributed by atoms with van der Waals surface area (Å²) in [5.74, 6) is 1.18. The third-order valence-electron chi connectivity index (χ3n) is 2.46. The van der Waals surface area contributed by atoms with Crippen LogP contribution in [-0.4, -0.2) is 5.78 Å². The zero-order valence-corrected chi connectivity index (χ0v) is 8.92.